The average molecular weight is 420 g/mol. The second-order valence-electron chi connectivity index (χ2n) is 7.83. The minimum absolute atomic E-state index is 0.604. The van der Waals surface area contributed by atoms with Crippen molar-refractivity contribution in [3.05, 3.63) is 0 Å². The summed E-state index contributed by atoms with van der Waals surface area (Å²) >= 11 is 2.63. The molecule has 0 aromatic carbocycles. The van der Waals surface area contributed by atoms with Crippen LogP contribution in [0, 0.1) is 11.3 Å². The van der Waals surface area contributed by atoms with E-state index in [1.807, 2.05) is 0 Å². The maximum atomic E-state index is 5.50. The van der Waals surface area contributed by atoms with E-state index >= 15 is 0 Å². The van der Waals surface area contributed by atoms with Gasteiger partial charge in [-0.2, -0.15) is 0 Å². The lowest BCUT2D eigenvalue weighted by atomic mass is 9.65. The highest BCUT2D eigenvalue weighted by Gasteiger charge is 2.40. The molecule has 2 unspecified atom stereocenters. The maximum Gasteiger partial charge on any atom is 0.0595 e. The van der Waals surface area contributed by atoms with E-state index in [-0.39, 0.29) is 0 Å². The molecule has 1 saturated carbocycles. The minimum Gasteiger partial charge on any atom is -0.379 e. The van der Waals surface area contributed by atoms with Crippen molar-refractivity contribution in [3.8, 4) is 0 Å². The lowest BCUT2D eigenvalue weighted by molar-refractivity contribution is -0.0507. The SMILES string of the molecule is CC(I)C1CCC2(CC1)CCN(C(C)N1CCOCC1)CC2. The van der Waals surface area contributed by atoms with Gasteiger partial charge >= 0.3 is 0 Å². The van der Waals surface area contributed by atoms with Gasteiger partial charge in [0.15, 0.2) is 0 Å². The highest BCUT2D eigenvalue weighted by Crippen LogP contribution is 2.48. The van der Waals surface area contributed by atoms with Crippen LogP contribution in [0.5, 0.6) is 0 Å². The Balaban J connectivity index is 1.48. The zero-order valence-electron chi connectivity index (χ0n) is 14.4. The van der Waals surface area contributed by atoms with Crippen LogP contribution in [0.1, 0.15) is 52.4 Å². The fourth-order valence-electron chi connectivity index (χ4n) is 4.77. The van der Waals surface area contributed by atoms with Gasteiger partial charge in [0.05, 0.1) is 19.4 Å². The Kier molecular flexibility index (Phi) is 6.07. The predicted octanol–water partition coefficient (Wildman–Crippen LogP) is 3.76. The average Bonchev–Trinajstić information content (AvgIpc) is 2.56. The van der Waals surface area contributed by atoms with Crippen LogP contribution < -0.4 is 0 Å². The fourth-order valence-corrected chi connectivity index (χ4v) is 5.49. The van der Waals surface area contributed by atoms with Crippen molar-refractivity contribution in [3.63, 3.8) is 0 Å². The predicted molar refractivity (Wildman–Crippen MR) is 101 cm³/mol. The van der Waals surface area contributed by atoms with Crippen LogP contribution in [0.25, 0.3) is 0 Å². The van der Waals surface area contributed by atoms with Gasteiger partial charge in [0.2, 0.25) is 0 Å². The molecular weight excluding hydrogens is 387 g/mol. The van der Waals surface area contributed by atoms with Crippen LogP contribution in [-0.2, 0) is 4.74 Å². The Labute approximate surface area is 150 Å². The van der Waals surface area contributed by atoms with Crippen LogP contribution in [0.15, 0.2) is 0 Å². The molecule has 0 aromatic heterocycles. The van der Waals surface area contributed by atoms with Crippen molar-refractivity contribution in [1.82, 2.24) is 9.80 Å². The Morgan fingerprint density at radius 1 is 0.909 bits per heavy atom. The normalized spacial score (nSPS) is 31.2. The standard InChI is InChI=1S/C18H33IN2O/c1-15(19)17-3-5-18(6-4-17)7-9-20(10-8-18)16(2)21-11-13-22-14-12-21/h15-17H,3-14H2,1-2H3. The summed E-state index contributed by atoms with van der Waals surface area (Å²) in [5, 5.41) is 0. The molecule has 4 heteroatoms. The molecule has 0 radical (unpaired) electrons. The number of hydrogen-bond donors (Lipinski definition) is 0. The van der Waals surface area contributed by atoms with Crippen LogP contribution in [0.4, 0.5) is 0 Å². The Bertz CT molecular complexity index is 339. The molecule has 1 aliphatic carbocycles. The quantitative estimate of drug-likeness (QED) is 0.511. The number of piperidine rings is 1. The summed E-state index contributed by atoms with van der Waals surface area (Å²) in [5.41, 5.74) is 0.698. The molecule has 1 spiro atoms. The van der Waals surface area contributed by atoms with E-state index in [0.29, 0.717) is 11.6 Å². The molecule has 3 nitrogen and oxygen atoms in total. The number of morpholine rings is 1. The second kappa shape index (κ2) is 7.66. The van der Waals surface area contributed by atoms with E-state index in [2.05, 4.69) is 46.2 Å². The van der Waals surface area contributed by atoms with Crippen LogP contribution in [0.3, 0.4) is 0 Å². The largest absolute Gasteiger partial charge is 0.379 e. The minimum atomic E-state index is 0.604. The van der Waals surface area contributed by atoms with Crippen LogP contribution in [0.2, 0.25) is 0 Å². The fraction of sp³-hybridized carbons (Fsp3) is 1.00. The molecule has 2 atom stereocenters. The molecule has 0 aromatic rings. The molecule has 128 valence electrons. The summed E-state index contributed by atoms with van der Waals surface area (Å²) < 4.78 is 6.35. The zero-order chi connectivity index (χ0) is 15.6. The first kappa shape index (κ1) is 17.4. The van der Waals surface area contributed by atoms with Gasteiger partial charge < -0.3 is 4.74 Å². The Hall–Kier alpha value is 0.610. The summed E-state index contributed by atoms with van der Waals surface area (Å²) in [6.07, 6.45) is 9.41. The van der Waals surface area contributed by atoms with Crippen LogP contribution in [-0.4, -0.2) is 59.3 Å². The van der Waals surface area contributed by atoms with E-state index in [4.69, 9.17) is 4.74 Å². The molecule has 0 amide bonds. The van der Waals surface area contributed by atoms with Crippen molar-refractivity contribution in [2.45, 2.75) is 62.5 Å². The maximum absolute atomic E-state index is 5.50. The highest BCUT2D eigenvalue weighted by molar-refractivity contribution is 14.1. The number of nitrogens with zero attached hydrogens (tertiary/aromatic N) is 2. The first-order valence-corrected chi connectivity index (χ1v) is 10.5. The van der Waals surface area contributed by atoms with Crippen molar-refractivity contribution in [2.24, 2.45) is 11.3 Å². The zero-order valence-corrected chi connectivity index (χ0v) is 16.6. The first-order chi connectivity index (χ1) is 10.6. The smallest absolute Gasteiger partial charge is 0.0595 e. The third kappa shape index (κ3) is 3.98. The molecule has 3 rings (SSSR count). The molecule has 2 saturated heterocycles. The van der Waals surface area contributed by atoms with Gasteiger partial charge in [-0.05, 0) is 56.8 Å². The monoisotopic (exact) mass is 420 g/mol. The van der Waals surface area contributed by atoms with Gasteiger partial charge in [0.1, 0.15) is 0 Å². The number of rotatable bonds is 3. The van der Waals surface area contributed by atoms with Crippen molar-refractivity contribution >= 4 is 22.6 Å². The van der Waals surface area contributed by atoms with Gasteiger partial charge in [0, 0.05) is 30.1 Å². The van der Waals surface area contributed by atoms with Gasteiger partial charge in [-0.3, -0.25) is 9.80 Å². The Morgan fingerprint density at radius 3 is 2.00 bits per heavy atom. The van der Waals surface area contributed by atoms with E-state index in [9.17, 15) is 0 Å². The molecule has 3 aliphatic rings. The summed E-state index contributed by atoms with van der Waals surface area (Å²) in [6, 6.07) is 0. The highest BCUT2D eigenvalue weighted by atomic mass is 127. The summed E-state index contributed by atoms with van der Waals surface area (Å²) in [5.74, 6) is 0.983. The third-order valence-electron chi connectivity index (χ3n) is 6.70. The van der Waals surface area contributed by atoms with Crippen molar-refractivity contribution < 1.29 is 4.74 Å². The van der Waals surface area contributed by atoms with Crippen LogP contribution >= 0.6 is 22.6 Å². The second-order valence-corrected chi connectivity index (χ2v) is 9.80. The van der Waals surface area contributed by atoms with Crippen molar-refractivity contribution in [1.29, 1.82) is 0 Å². The molecule has 0 N–H and O–H groups in total. The summed E-state index contributed by atoms with van der Waals surface area (Å²) in [7, 11) is 0. The number of alkyl halides is 1. The molecule has 0 bridgehead atoms. The van der Waals surface area contributed by atoms with Gasteiger partial charge in [-0.15, -0.1) is 0 Å². The lowest BCUT2D eigenvalue weighted by Gasteiger charge is -2.49. The van der Waals surface area contributed by atoms with E-state index in [0.717, 1.165) is 36.1 Å². The van der Waals surface area contributed by atoms with E-state index in [1.54, 1.807) is 0 Å². The first-order valence-electron chi connectivity index (χ1n) is 9.30. The number of likely N-dealkylation sites (tertiary alicyclic amines) is 1. The number of hydrogen-bond acceptors (Lipinski definition) is 3. The molecule has 3 fully saturated rings. The summed E-state index contributed by atoms with van der Waals surface area (Å²) in [4.78, 5) is 5.33. The topological polar surface area (TPSA) is 15.7 Å². The van der Waals surface area contributed by atoms with Crippen molar-refractivity contribution in [2.75, 3.05) is 39.4 Å². The molecule has 22 heavy (non-hydrogen) atoms. The van der Waals surface area contributed by atoms with E-state index < -0.39 is 0 Å². The number of ether oxygens (including phenoxy) is 1. The van der Waals surface area contributed by atoms with Gasteiger partial charge in [-0.25, -0.2) is 0 Å². The molecule has 2 aliphatic heterocycles. The van der Waals surface area contributed by atoms with Gasteiger partial charge in [0.25, 0.3) is 0 Å². The summed E-state index contributed by atoms with van der Waals surface area (Å²) in [6.45, 7) is 11.5. The molecular formula is C18H33IN2O. The van der Waals surface area contributed by atoms with E-state index in [1.165, 1.54) is 51.6 Å². The Morgan fingerprint density at radius 2 is 1.45 bits per heavy atom. The number of halogens is 1. The lowest BCUT2D eigenvalue weighted by Crippen LogP contribution is -2.54. The molecule has 2 heterocycles. The third-order valence-corrected chi connectivity index (χ3v) is 7.72. The van der Waals surface area contributed by atoms with Gasteiger partial charge in [-0.1, -0.05) is 29.5 Å².